The molecule has 2 aromatic heterocycles. The van der Waals surface area contributed by atoms with Crippen LogP contribution in [0.1, 0.15) is 40.2 Å². The van der Waals surface area contributed by atoms with E-state index in [9.17, 15) is 9.59 Å². The lowest BCUT2D eigenvalue weighted by Gasteiger charge is -2.34. The zero-order chi connectivity index (χ0) is 22.4. The Bertz CT molecular complexity index is 1270. The fourth-order valence-corrected chi connectivity index (χ4v) is 6.57. The second-order valence-corrected chi connectivity index (χ2v) is 10.4. The number of nitrogens with zero attached hydrogens (tertiary/aromatic N) is 3. The van der Waals surface area contributed by atoms with Crippen LogP contribution in [0.15, 0.2) is 23.0 Å². The number of amides is 1. The number of carbonyl (C=O) groups is 1. The Balaban J connectivity index is 1.08. The third kappa shape index (κ3) is 4.06. The summed E-state index contributed by atoms with van der Waals surface area (Å²) in [5, 5.41) is 0.812. The highest BCUT2D eigenvalue weighted by atomic mass is 32.1. The summed E-state index contributed by atoms with van der Waals surface area (Å²) in [6.07, 6.45) is 5.78. The third-order valence-electron chi connectivity index (χ3n) is 7.08. The number of aryl methyl sites for hydroxylation is 2. The van der Waals surface area contributed by atoms with Crippen molar-refractivity contribution in [1.82, 2.24) is 19.8 Å². The van der Waals surface area contributed by atoms with Gasteiger partial charge in [-0.2, -0.15) is 0 Å². The van der Waals surface area contributed by atoms with E-state index in [2.05, 4.69) is 16.0 Å². The first-order chi connectivity index (χ1) is 16.1. The van der Waals surface area contributed by atoms with Gasteiger partial charge in [0, 0.05) is 37.5 Å². The fraction of sp³-hybridized carbons (Fsp3) is 0.480. The molecule has 3 aliphatic rings. The van der Waals surface area contributed by atoms with Gasteiger partial charge >= 0.3 is 0 Å². The van der Waals surface area contributed by atoms with Crippen LogP contribution >= 0.6 is 11.3 Å². The normalized spacial score (nSPS) is 18.2. The predicted molar refractivity (Wildman–Crippen MR) is 128 cm³/mol. The van der Waals surface area contributed by atoms with Gasteiger partial charge in [-0.05, 0) is 48.4 Å². The quantitative estimate of drug-likeness (QED) is 0.642. The van der Waals surface area contributed by atoms with Crippen LogP contribution in [0, 0.1) is 0 Å². The van der Waals surface area contributed by atoms with Gasteiger partial charge in [-0.1, -0.05) is 12.1 Å². The molecule has 1 saturated heterocycles. The van der Waals surface area contributed by atoms with Crippen LogP contribution in [-0.4, -0.2) is 58.5 Å². The monoisotopic (exact) mass is 464 g/mol. The van der Waals surface area contributed by atoms with Crippen molar-refractivity contribution in [2.75, 3.05) is 32.8 Å². The number of aromatic nitrogens is 2. The first-order valence-electron chi connectivity index (χ1n) is 11.9. The largest absolute Gasteiger partial charge is 0.493 e. The van der Waals surface area contributed by atoms with Crippen LogP contribution < -0.4 is 10.3 Å². The average molecular weight is 465 g/mol. The number of aromatic amines is 1. The number of carbonyl (C=O) groups excluding carboxylic acids is 1. The minimum absolute atomic E-state index is 0.00274. The highest BCUT2D eigenvalue weighted by molar-refractivity contribution is 7.18. The van der Waals surface area contributed by atoms with E-state index in [1.165, 1.54) is 22.4 Å². The van der Waals surface area contributed by atoms with Crippen molar-refractivity contribution in [2.45, 2.75) is 45.1 Å². The first-order valence-corrected chi connectivity index (χ1v) is 12.7. The Morgan fingerprint density at radius 2 is 1.97 bits per heavy atom. The maximum absolute atomic E-state index is 12.8. The number of thiophene rings is 1. The standard InChI is InChI=1S/C25H28N4O3S/c30-22(14-16-5-6-19-17(13-16)7-12-32-19)29-10-8-28(9-11-29)15-21-26-24(31)23-18-3-1-2-4-20(18)33-25(23)27-21/h5-6,13H,1-4,7-12,14-15H2,(H,26,27,31). The Labute approximate surface area is 196 Å². The lowest BCUT2D eigenvalue weighted by Crippen LogP contribution is -2.49. The van der Waals surface area contributed by atoms with E-state index in [0.29, 0.717) is 26.1 Å². The molecule has 3 aromatic rings. The molecule has 33 heavy (non-hydrogen) atoms. The Kier molecular flexibility index (Phi) is 5.42. The molecule has 1 aromatic carbocycles. The molecule has 0 atom stereocenters. The van der Waals surface area contributed by atoms with Crippen molar-refractivity contribution in [1.29, 1.82) is 0 Å². The number of ether oxygens (including phenoxy) is 1. The van der Waals surface area contributed by atoms with Gasteiger partial charge in [0.1, 0.15) is 16.4 Å². The number of benzene rings is 1. The van der Waals surface area contributed by atoms with Crippen LogP contribution in [0.3, 0.4) is 0 Å². The van der Waals surface area contributed by atoms with Crippen molar-refractivity contribution in [2.24, 2.45) is 0 Å². The lowest BCUT2D eigenvalue weighted by atomic mass is 9.97. The number of piperazine rings is 1. The summed E-state index contributed by atoms with van der Waals surface area (Å²) < 4.78 is 5.56. The van der Waals surface area contributed by atoms with E-state index >= 15 is 0 Å². The van der Waals surface area contributed by atoms with Crippen molar-refractivity contribution >= 4 is 27.5 Å². The summed E-state index contributed by atoms with van der Waals surface area (Å²) in [6.45, 7) is 4.31. The van der Waals surface area contributed by atoms with Crippen molar-refractivity contribution in [3.63, 3.8) is 0 Å². The van der Waals surface area contributed by atoms with Crippen LogP contribution in [0.25, 0.3) is 10.2 Å². The molecule has 0 bridgehead atoms. The molecule has 4 heterocycles. The number of nitrogens with one attached hydrogen (secondary N) is 1. The first kappa shape index (κ1) is 20.9. The summed E-state index contributed by atoms with van der Waals surface area (Å²) >= 11 is 1.69. The summed E-state index contributed by atoms with van der Waals surface area (Å²) in [4.78, 5) is 39.9. The number of rotatable bonds is 4. The smallest absolute Gasteiger partial charge is 0.259 e. The van der Waals surface area contributed by atoms with E-state index in [1.54, 1.807) is 11.3 Å². The average Bonchev–Trinajstić information content (AvgIpc) is 3.43. The third-order valence-corrected chi connectivity index (χ3v) is 8.27. The molecule has 0 radical (unpaired) electrons. The van der Waals surface area contributed by atoms with Crippen molar-refractivity contribution < 1.29 is 9.53 Å². The highest BCUT2D eigenvalue weighted by Gasteiger charge is 2.24. The Hall–Kier alpha value is -2.71. The molecule has 6 rings (SSSR count). The van der Waals surface area contributed by atoms with Gasteiger partial charge in [0.15, 0.2) is 0 Å². The molecule has 172 valence electrons. The molecular weight excluding hydrogens is 436 g/mol. The Morgan fingerprint density at radius 3 is 2.85 bits per heavy atom. The molecule has 1 aliphatic carbocycles. The SMILES string of the molecule is O=C(Cc1ccc2c(c1)CCO2)N1CCN(Cc2nc3sc4c(c3c(=O)[nH]2)CCCC4)CC1. The summed E-state index contributed by atoms with van der Waals surface area (Å²) in [5.74, 6) is 1.85. The van der Waals surface area contributed by atoms with E-state index < -0.39 is 0 Å². The van der Waals surface area contributed by atoms with Crippen molar-refractivity contribution in [3.05, 3.63) is 55.9 Å². The molecule has 0 saturated carbocycles. The van der Waals surface area contributed by atoms with Gasteiger partial charge in [0.05, 0.1) is 25.0 Å². The van der Waals surface area contributed by atoms with Crippen LogP contribution in [0.4, 0.5) is 0 Å². The molecule has 1 amide bonds. The summed E-state index contributed by atoms with van der Waals surface area (Å²) in [5.41, 5.74) is 3.49. The molecule has 0 unspecified atom stereocenters. The number of fused-ring (bicyclic) bond motifs is 4. The molecule has 0 spiro atoms. The maximum Gasteiger partial charge on any atom is 0.259 e. The van der Waals surface area contributed by atoms with Gasteiger partial charge in [-0.25, -0.2) is 4.98 Å². The predicted octanol–water partition coefficient (Wildman–Crippen LogP) is 2.69. The number of hydrogen-bond donors (Lipinski definition) is 1. The van der Waals surface area contributed by atoms with Crippen LogP contribution in [0.5, 0.6) is 5.75 Å². The minimum Gasteiger partial charge on any atom is -0.493 e. The van der Waals surface area contributed by atoms with E-state index in [0.717, 1.165) is 72.7 Å². The molecule has 7 nitrogen and oxygen atoms in total. The molecule has 2 aliphatic heterocycles. The van der Waals surface area contributed by atoms with Gasteiger partial charge in [-0.15, -0.1) is 11.3 Å². The van der Waals surface area contributed by atoms with E-state index in [1.807, 2.05) is 17.0 Å². The zero-order valence-electron chi connectivity index (χ0n) is 18.7. The second-order valence-electron chi connectivity index (χ2n) is 9.28. The number of H-pyrrole nitrogens is 1. The van der Waals surface area contributed by atoms with Crippen LogP contribution in [-0.2, 0) is 37.0 Å². The Morgan fingerprint density at radius 1 is 1.12 bits per heavy atom. The molecular formula is C25H28N4O3S. The van der Waals surface area contributed by atoms with E-state index in [-0.39, 0.29) is 11.5 Å². The molecule has 1 fully saturated rings. The summed E-state index contributed by atoms with van der Waals surface area (Å²) in [6, 6.07) is 6.09. The minimum atomic E-state index is 0.00274. The number of hydrogen-bond acceptors (Lipinski definition) is 6. The second kappa shape index (κ2) is 8.57. The van der Waals surface area contributed by atoms with Crippen LogP contribution in [0.2, 0.25) is 0 Å². The summed E-state index contributed by atoms with van der Waals surface area (Å²) in [7, 11) is 0. The topological polar surface area (TPSA) is 78.5 Å². The van der Waals surface area contributed by atoms with Gasteiger partial charge in [0.25, 0.3) is 5.56 Å². The maximum atomic E-state index is 12.8. The van der Waals surface area contributed by atoms with E-state index in [4.69, 9.17) is 9.72 Å². The molecule has 8 heteroatoms. The highest BCUT2D eigenvalue weighted by Crippen LogP contribution is 2.33. The van der Waals surface area contributed by atoms with Gasteiger partial charge < -0.3 is 14.6 Å². The fourth-order valence-electron chi connectivity index (χ4n) is 5.29. The molecule has 1 N–H and O–H groups in total. The van der Waals surface area contributed by atoms with Crippen molar-refractivity contribution in [3.8, 4) is 5.75 Å². The lowest BCUT2D eigenvalue weighted by molar-refractivity contribution is -0.132. The zero-order valence-corrected chi connectivity index (χ0v) is 19.5. The van der Waals surface area contributed by atoms with Gasteiger partial charge in [-0.3, -0.25) is 14.5 Å². The van der Waals surface area contributed by atoms with Gasteiger partial charge in [0.2, 0.25) is 5.91 Å².